The van der Waals surface area contributed by atoms with Gasteiger partial charge in [-0.15, -0.1) is 19.2 Å². The van der Waals surface area contributed by atoms with Crippen LogP contribution in [0.25, 0.3) is 0 Å². The minimum atomic E-state index is 0.0799. The summed E-state index contributed by atoms with van der Waals surface area (Å²) in [6.45, 7) is 1.91. The highest BCUT2D eigenvalue weighted by Gasteiger charge is 2.20. The maximum absolute atomic E-state index is 11.6. The van der Waals surface area contributed by atoms with Crippen molar-refractivity contribution in [2.45, 2.75) is 0 Å². The summed E-state index contributed by atoms with van der Waals surface area (Å²) in [6, 6.07) is 0. The molecular formula is C3H4F2N2. The number of halogens is 2. The van der Waals surface area contributed by atoms with E-state index >= 15 is 0 Å². The maximum Gasteiger partial charge on any atom is 0.210 e. The quantitative estimate of drug-likeness (QED) is 0.411. The number of rotatable bonds is 0. The normalized spacial score (nSPS) is 26.6. The number of hydrogen-bond donors (Lipinski definition) is 0. The summed E-state index contributed by atoms with van der Waals surface area (Å²) in [5, 5.41) is 0.361. The van der Waals surface area contributed by atoms with E-state index in [0.717, 1.165) is 0 Å². The van der Waals surface area contributed by atoms with Gasteiger partial charge in [0.15, 0.2) is 0 Å². The summed E-state index contributed by atoms with van der Waals surface area (Å²) in [5.74, 6) is 0. The van der Waals surface area contributed by atoms with Gasteiger partial charge >= 0.3 is 0 Å². The van der Waals surface area contributed by atoms with Crippen molar-refractivity contribution in [3.05, 3.63) is 6.67 Å². The van der Waals surface area contributed by atoms with E-state index in [9.17, 15) is 8.96 Å². The molecule has 0 aromatic rings. The first-order valence-electron chi connectivity index (χ1n) is 1.92. The number of nitrogens with zero attached hydrogens (tertiary/aromatic N) is 2. The minimum Gasteiger partial charge on any atom is -0.132 e. The molecule has 4 heteroatoms. The largest absolute Gasteiger partial charge is 0.210 e. The Morgan fingerprint density at radius 3 is 1.71 bits per heavy atom. The molecule has 2 nitrogen and oxygen atoms in total. The van der Waals surface area contributed by atoms with Gasteiger partial charge in [-0.1, -0.05) is 0 Å². The van der Waals surface area contributed by atoms with Crippen LogP contribution in [-0.2, 0) is 0 Å². The monoisotopic (exact) mass is 106 g/mol. The van der Waals surface area contributed by atoms with Gasteiger partial charge in [-0.3, -0.25) is 0 Å². The van der Waals surface area contributed by atoms with E-state index in [0.29, 0.717) is 0 Å². The molecule has 1 aliphatic heterocycles. The molecule has 1 aliphatic rings. The fraction of sp³-hybridized carbons (Fsp3) is 0.667. The van der Waals surface area contributed by atoms with Crippen LogP contribution >= 0.6 is 0 Å². The lowest BCUT2D eigenvalue weighted by molar-refractivity contribution is 0.0263. The molecule has 0 unspecified atom stereocenters. The van der Waals surface area contributed by atoms with E-state index in [1.165, 1.54) is 0 Å². The highest BCUT2D eigenvalue weighted by Crippen LogP contribution is 2.08. The molecule has 0 atom stereocenters. The van der Waals surface area contributed by atoms with Crippen LogP contribution in [0.5, 0.6) is 0 Å². The van der Waals surface area contributed by atoms with Gasteiger partial charge < -0.3 is 0 Å². The second-order valence-electron chi connectivity index (χ2n) is 1.27. The molecule has 0 aromatic heterocycles. The van der Waals surface area contributed by atoms with Crippen LogP contribution < -0.4 is 0 Å². The average Bonchev–Trinajstić information content (AvgIpc) is 1.87. The standard InChI is InChI=1S/C3H4F2N2/c4-6-1-2-7(5)3-6/h1-2H2. The predicted molar refractivity (Wildman–Crippen MR) is 18.9 cm³/mol. The summed E-state index contributed by atoms with van der Waals surface area (Å²) >= 11 is 0. The third kappa shape index (κ3) is 1.07. The zero-order valence-electron chi connectivity index (χ0n) is 3.56. The molecule has 0 N–H and O–H groups in total. The summed E-state index contributed by atoms with van der Waals surface area (Å²) in [7, 11) is 0. The van der Waals surface area contributed by atoms with Crippen LogP contribution in [0.4, 0.5) is 8.96 Å². The Morgan fingerprint density at radius 1 is 1.14 bits per heavy atom. The lowest BCUT2D eigenvalue weighted by Crippen LogP contribution is -2.03. The fourth-order valence-corrected chi connectivity index (χ4v) is 0.393. The number of hydrogen-bond acceptors (Lipinski definition) is 2. The van der Waals surface area contributed by atoms with Gasteiger partial charge in [-0.25, -0.2) is 0 Å². The predicted octanol–water partition coefficient (Wildman–Crippen LogP) is 0.369. The Labute approximate surface area is 40.2 Å². The van der Waals surface area contributed by atoms with Crippen LogP contribution in [-0.4, -0.2) is 23.3 Å². The molecule has 7 heavy (non-hydrogen) atoms. The minimum absolute atomic E-state index is 0.0799. The lowest BCUT2D eigenvalue weighted by Gasteiger charge is -1.94. The van der Waals surface area contributed by atoms with Gasteiger partial charge in [0.05, 0.1) is 0 Å². The van der Waals surface area contributed by atoms with Crippen molar-refractivity contribution in [3.63, 3.8) is 0 Å². The van der Waals surface area contributed by atoms with E-state index in [1.54, 1.807) is 6.67 Å². The van der Waals surface area contributed by atoms with Gasteiger partial charge in [0.25, 0.3) is 0 Å². The second kappa shape index (κ2) is 1.71. The highest BCUT2D eigenvalue weighted by molar-refractivity contribution is 4.66. The Bertz CT molecular complexity index is 60.0. The fourth-order valence-electron chi connectivity index (χ4n) is 0.393. The van der Waals surface area contributed by atoms with E-state index in [2.05, 4.69) is 0 Å². The molecule has 0 aromatic carbocycles. The van der Waals surface area contributed by atoms with Gasteiger partial charge in [-0.05, 0) is 0 Å². The van der Waals surface area contributed by atoms with Crippen LogP contribution in [0.15, 0.2) is 0 Å². The summed E-state index contributed by atoms with van der Waals surface area (Å²) in [5.41, 5.74) is 0. The maximum atomic E-state index is 11.6. The Kier molecular flexibility index (Phi) is 1.21. The van der Waals surface area contributed by atoms with Crippen LogP contribution in [0, 0.1) is 6.67 Å². The van der Waals surface area contributed by atoms with Crippen LogP contribution in [0.2, 0.25) is 0 Å². The van der Waals surface area contributed by atoms with Gasteiger partial charge in [0, 0.05) is 13.1 Å². The first-order chi connectivity index (χ1) is 3.29. The molecule has 0 bridgehead atoms. The van der Waals surface area contributed by atoms with Gasteiger partial charge in [0.2, 0.25) is 6.67 Å². The Hall–Kier alpha value is -0.220. The van der Waals surface area contributed by atoms with Gasteiger partial charge in [-0.2, -0.15) is 0 Å². The summed E-state index contributed by atoms with van der Waals surface area (Å²) in [6.07, 6.45) is 0. The average molecular weight is 106 g/mol. The van der Waals surface area contributed by atoms with E-state index in [-0.39, 0.29) is 23.3 Å². The molecule has 40 valence electrons. The van der Waals surface area contributed by atoms with Crippen molar-refractivity contribution < 1.29 is 8.96 Å². The third-order valence-corrected chi connectivity index (χ3v) is 0.710. The molecule has 1 heterocycles. The molecule has 0 saturated carbocycles. The van der Waals surface area contributed by atoms with Crippen molar-refractivity contribution in [2.75, 3.05) is 13.1 Å². The Morgan fingerprint density at radius 2 is 1.57 bits per heavy atom. The molecule has 2 radical (unpaired) electrons. The van der Waals surface area contributed by atoms with Crippen molar-refractivity contribution in [2.24, 2.45) is 0 Å². The topological polar surface area (TPSA) is 6.48 Å². The van der Waals surface area contributed by atoms with Crippen LogP contribution in [0.1, 0.15) is 0 Å². The molecule has 0 spiro atoms. The summed E-state index contributed by atoms with van der Waals surface area (Å²) in [4.78, 5) is 0. The molecule has 1 saturated heterocycles. The molecule has 0 aliphatic carbocycles. The third-order valence-electron chi connectivity index (χ3n) is 0.710. The smallest absolute Gasteiger partial charge is 0.132 e. The van der Waals surface area contributed by atoms with Gasteiger partial charge in [0.1, 0.15) is 0 Å². The first-order valence-corrected chi connectivity index (χ1v) is 1.92. The SMILES string of the molecule is FN1[C]N(F)CC1. The Balaban J connectivity index is 2.26. The van der Waals surface area contributed by atoms with Crippen LogP contribution in [0.3, 0.4) is 0 Å². The van der Waals surface area contributed by atoms with Crippen molar-refractivity contribution in [3.8, 4) is 0 Å². The second-order valence-corrected chi connectivity index (χ2v) is 1.27. The molecule has 0 amide bonds. The van der Waals surface area contributed by atoms with E-state index in [4.69, 9.17) is 0 Å². The zero-order chi connectivity index (χ0) is 5.28. The highest BCUT2D eigenvalue weighted by atomic mass is 19.2. The zero-order valence-corrected chi connectivity index (χ0v) is 3.56. The van der Waals surface area contributed by atoms with Crippen molar-refractivity contribution in [1.82, 2.24) is 10.2 Å². The summed E-state index contributed by atoms with van der Waals surface area (Å²) < 4.78 is 23.2. The first kappa shape index (κ1) is 4.93. The van der Waals surface area contributed by atoms with Crippen molar-refractivity contribution >= 4 is 0 Å². The van der Waals surface area contributed by atoms with E-state index in [1.807, 2.05) is 0 Å². The lowest BCUT2D eigenvalue weighted by atomic mass is 10.7. The molecule has 1 fully saturated rings. The molecule has 1 rings (SSSR count). The van der Waals surface area contributed by atoms with E-state index < -0.39 is 0 Å². The molecular weight excluding hydrogens is 102 g/mol. The van der Waals surface area contributed by atoms with Crippen molar-refractivity contribution in [1.29, 1.82) is 0 Å².